The van der Waals surface area contributed by atoms with Crippen molar-refractivity contribution in [2.24, 2.45) is 0 Å². The number of thioether (sulfide) groups is 1. The minimum absolute atomic E-state index is 0.0194. The molecule has 1 aromatic carbocycles. The number of benzene rings is 1. The molecule has 0 saturated carbocycles. The third kappa shape index (κ3) is 13.5. The van der Waals surface area contributed by atoms with E-state index in [-0.39, 0.29) is 52.4 Å². The largest absolute Gasteiger partial charge is 0.468 e. The van der Waals surface area contributed by atoms with Gasteiger partial charge in [-0.2, -0.15) is 5.26 Å². The summed E-state index contributed by atoms with van der Waals surface area (Å²) in [6.45, 7) is -0.00506. The highest BCUT2D eigenvalue weighted by Crippen LogP contribution is 2.19. The maximum Gasteiger partial charge on any atom is 0.319 e. The molecule has 220 valence electrons. The number of carbonyl (C=O) groups excluding carboxylic acids is 5. The SMILES string of the molecule is COC(=O)CN(CC=O)CCN(CC(=O)OC)CC(Cc1ccc(SC#N)cc1)N(CC(=O)OC)CC(=O)OC. The van der Waals surface area contributed by atoms with Crippen LogP contribution >= 0.6 is 11.8 Å². The molecule has 0 heterocycles. The first-order valence-corrected chi connectivity index (χ1v) is 13.1. The zero-order valence-corrected chi connectivity index (χ0v) is 24.0. The predicted octanol–water partition coefficient (Wildman–Crippen LogP) is -0.0322. The number of ether oxygens (including phenoxy) is 4. The summed E-state index contributed by atoms with van der Waals surface area (Å²) in [4.78, 5) is 65.5. The zero-order chi connectivity index (χ0) is 29.9. The van der Waals surface area contributed by atoms with Gasteiger partial charge < -0.3 is 23.7 Å². The molecule has 1 unspecified atom stereocenters. The number of nitrogens with zero attached hydrogens (tertiary/aromatic N) is 4. The fourth-order valence-corrected chi connectivity index (χ4v) is 4.13. The van der Waals surface area contributed by atoms with Crippen LogP contribution in [-0.2, 0) is 49.3 Å². The summed E-state index contributed by atoms with van der Waals surface area (Å²) >= 11 is 1.02. The van der Waals surface area contributed by atoms with Gasteiger partial charge in [0.15, 0.2) is 0 Å². The number of hydrogen-bond acceptors (Lipinski definition) is 14. The Labute approximate surface area is 238 Å². The van der Waals surface area contributed by atoms with E-state index in [1.54, 1.807) is 26.8 Å². The summed E-state index contributed by atoms with van der Waals surface area (Å²) < 4.78 is 19.2. The Kier molecular flexibility index (Phi) is 16.9. The van der Waals surface area contributed by atoms with Crippen molar-refractivity contribution in [1.29, 1.82) is 5.26 Å². The minimum atomic E-state index is -0.565. The summed E-state index contributed by atoms with van der Waals surface area (Å²) in [5.41, 5.74) is 0.860. The molecule has 1 atom stereocenters. The van der Waals surface area contributed by atoms with Crippen LogP contribution in [0.15, 0.2) is 29.2 Å². The number of esters is 4. The molecule has 14 heteroatoms. The van der Waals surface area contributed by atoms with Gasteiger partial charge in [0.1, 0.15) is 11.7 Å². The van der Waals surface area contributed by atoms with Gasteiger partial charge >= 0.3 is 23.9 Å². The summed E-state index contributed by atoms with van der Waals surface area (Å²) in [7, 11) is 4.99. The minimum Gasteiger partial charge on any atom is -0.468 e. The van der Waals surface area contributed by atoms with Crippen LogP contribution in [0.4, 0.5) is 0 Å². The zero-order valence-electron chi connectivity index (χ0n) is 23.2. The number of methoxy groups -OCH3 is 4. The van der Waals surface area contributed by atoms with Crippen LogP contribution in [0, 0.1) is 10.7 Å². The van der Waals surface area contributed by atoms with Gasteiger partial charge in [-0.1, -0.05) is 12.1 Å². The van der Waals surface area contributed by atoms with Crippen molar-refractivity contribution in [3.63, 3.8) is 0 Å². The summed E-state index contributed by atoms with van der Waals surface area (Å²) in [5, 5.41) is 10.9. The van der Waals surface area contributed by atoms with E-state index in [4.69, 9.17) is 24.2 Å². The van der Waals surface area contributed by atoms with E-state index in [9.17, 15) is 24.0 Å². The third-order valence-electron chi connectivity index (χ3n) is 5.89. The lowest BCUT2D eigenvalue weighted by Crippen LogP contribution is -2.51. The highest BCUT2D eigenvalue weighted by atomic mass is 32.2. The predicted molar refractivity (Wildman–Crippen MR) is 144 cm³/mol. The average Bonchev–Trinajstić information content (AvgIpc) is 2.95. The van der Waals surface area contributed by atoms with Crippen LogP contribution in [0.3, 0.4) is 0 Å². The van der Waals surface area contributed by atoms with Crippen LogP contribution in [0.25, 0.3) is 0 Å². The molecule has 0 spiro atoms. The Morgan fingerprint density at radius 3 is 1.77 bits per heavy atom. The molecule has 0 aliphatic carbocycles. The molecule has 0 saturated heterocycles. The van der Waals surface area contributed by atoms with E-state index in [0.717, 1.165) is 22.2 Å². The van der Waals surface area contributed by atoms with Gasteiger partial charge in [0.2, 0.25) is 0 Å². The molecule has 0 aromatic heterocycles. The van der Waals surface area contributed by atoms with E-state index in [1.165, 1.54) is 28.4 Å². The van der Waals surface area contributed by atoms with E-state index in [0.29, 0.717) is 12.7 Å². The quantitative estimate of drug-likeness (QED) is 0.0706. The third-order valence-corrected chi connectivity index (χ3v) is 6.49. The van der Waals surface area contributed by atoms with Gasteiger partial charge in [-0.05, 0) is 35.9 Å². The lowest BCUT2D eigenvalue weighted by atomic mass is 10.0. The number of aldehydes is 1. The second-order valence-electron chi connectivity index (χ2n) is 8.54. The van der Waals surface area contributed by atoms with Crippen molar-refractivity contribution in [2.75, 3.05) is 80.8 Å². The monoisotopic (exact) mass is 580 g/mol. The number of thiocyanates is 1. The van der Waals surface area contributed by atoms with Crippen molar-refractivity contribution < 1.29 is 42.9 Å². The Morgan fingerprint density at radius 2 is 1.30 bits per heavy atom. The topological polar surface area (TPSA) is 156 Å². The van der Waals surface area contributed by atoms with E-state index >= 15 is 0 Å². The number of carbonyl (C=O) groups is 5. The van der Waals surface area contributed by atoms with Crippen molar-refractivity contribution in [2.45, 2.75) is 17.4 Å². The van der Waals surface area contributed by atoms with Gasteiger partial charge in [-0.15, -0.1) is 0 Å². The maximum atomic E-state index is 12.3. The molecule has 40 heavy (non-hydrogen) atoms. The van der Waals surface area contributed by atoms with Gasteiger partial charge in [-0.3, -0.25) is 33.9 Å². The molecule has 0 N–H and O–H groups in total. The Hall–Kier alpha value is -3.51. The Morgan fingerprint density at radius 1 is 0.825 bits per heavy atom. The van der Waals surface area contributed by atoms with Crippen LogP contribution in [0.1, 0.15) is 5.56 Å². The second kappa shape index (κ2) is 19.5. The molecule has 0 fully saturated rings. The van der Waals surface area contributed by atoms with Crippen LogP contribution in [-0.4, -0.2) is 132 Å². The van der Waals surface area contributed by atoms with Crippen LogP contribution in [0.2, 0.25) is 0 Å². The molecule has 0 aliphatic heterocycles. The summed E-state index contributed by atoms with van der Waals surface area (Å²) in [6, 6.07) is 6.78. The molecule has 13 nitrogen and oxygen atoms in total. The standard InChI is InChI=1S/C26H36N4O9S/c1-36-23(32)15-28(11-12-31)9-10-29(16-24(33)37-2)14-21(13-20-5-7-22(8-6-20)40-19-27)30(17-25(34)38-3)18-26(35)39-4/h5-8,12,21H,9-11,13-18H2,1-4H3. The van der Waals surface area contributed by atoms with Crippen molar-refractivity contribution in [3.8, 4) is 5.40 Å². The molecular formula is C26H36N4O9S. The van der Waals surface area contributed by atoms with Gasteiger partial charge in [0.25, 0.3) is 0 Å². The lowest BCUT2D eigenvalue weighted by Gasteiger charge is -2.35. The highest BCUT2D eigenvalue weighted by Gasteiger charge is 2.28. The van der Waals surface area contributed by atoms with E-state index < -0.39 is 29.9 Å². The number of rotatable bonds is 19. The molecule has 0 bridgehead atoms. The van der Waals surface area contributed by atoms with Gasteiger partial charge in [0, 0.05) is 30.6 Å². The molecule has 0 aliphatic rings. The Bertz CT molecular complexity index is 998. The van der Waals surface area contributed by atoms with Crippen molar-refractivity contribution in [3.05, 3.63) is 29.8 Å². The maximum absolute atomic E-state index is 12.3. The van der Waals surface area contributed by atoms with Crippen LogP contribution < -0.4 is 0 Å². The molecule has 0 amide bonds. The smallest absolute Gasteiger partial charge is 0.319 e. The summed E-state index contributed by atoms with van der Waals surface area (Å²) in [6.07, 6.45) is 1.03. The molecule has 1 aromatic rings. The molecule has 0 radical (unpaired) electrons. The number of hydrogen-bond donors (Lipinski definition) is 0. The van der Waals surface area contributed by atoms with E-state index in [2.05, 4.69) is 0 Å². The molecule has 1 rings (SSSR count). The van der Waals surface area contributed by atoms with Gasteiger partial charge in [0.05, 0.1) is 61.2 Å². The first-order chi connectivity index (χ1) is 19.2. The molecular weight excluding hydrogens is 544 g/mol. The summed E-state index contributed by atoms with van der Waals surface area (Å²) in [5.74, 6) is -2.16. The highest BCUT2D eigenvalue weighted by molar-refractivity contribution is 8.03. The van der Waals surface area contributed by atoms with Gasteiger partial charge in [-0.25, -0.2) is 0 Å². The fraction of sp³-hybridized carbons (Fsp3) is 0.538. The first-order valence-electron chi connectivity index (χ1n) is 12.2. The lowest BCUT2D eigenvalue weighted by molar-refractivity contribution is -0.148. The van der Waals surface area contributed by atoms with Crippen molar-refractivity contribution >= 4 is 41.9 Å². The normalized spacial score (nSPS) is 11.6. The first kappa shape index (κ1) is 34.5. The van der Waals surface area contributed by atoms with Crippen LogP contribution in [0.5, 0.6) is 0 Å². The second-order valence-corrected chi connectivity index (χ2v) is 9.40. The Balaban J connectivity index is 3.33. The average molecular weight is 581 g/mol. The number of nitriles is 1. The van der Waals surface area contributed by atoms with Crippen molar-refractivity contribution in [1.82, 2.24) is 14.7 Å². The fourth-order valence-electron chi connectivity index (χ4n) is 3.75. The van der Waals surface area contributed by atoms with E-state index in [1.807, 2.05) is 17.5 Å².